The van der Waals surface area contributed by atoms with E-state index in [0.717, 1.165) is 23.3 Å². The number of hydrogen-bond donors (Lipinski definition) is 2. The highest BCUT2D eigenvalue weighted by molar-refractivity contribution is 5.93. The van der Waals surface area contributed by atoms with Gasteiger partial charge in [-0.15, -0.1) is 0 Å². The van der Waals surface area contributed by atoms with Gasteiger partial charge in [-0.25, -0.2) is 4.79 Å². The van der Waals surface area contributed by atoms with Crippen LogP contribution in [-0.2, 0) is 14.3 Å². The summed E-state index contributed by atoms with van der Waals surface area (Å²) in [5, 5.41) is 5.59. The molecule has 0 aliphatic carbocycles. The standard InChI is InChI=1S/C26H39N3O4/c1-10-13-19(6)27-23(30)22(20-15-12-14-18(5)16-20)29(11-2)24(31)21(17(3)4)28-25(32)33-26(7,8)9/h2,12,14-17,19,21-22H,10,13H2,1,3-9H3,(H,27,30)(H,28,32). The van der Waals surface area contributed by atoms with Gasteiger partial charge < -0.3 is 15.4 Å². The zero-order chi connectivity index (χ0) is 25.3. The number of amides is 3. The van der Waals surface area contributed by atoms with Gasteiger partial charge in [-0.1, -0.05) is 63.4 Å². The summed E-state index contributed by atoms with van der Waals surface area (Å²) < 4.78 is 5.32. The molecule has 0 heterocycles. The Kier molecular flexibility index (Phi) is 10.4. The van der Waals surface area contributed by atoms with Gasteiger partial charge in [0.1, 0.15) is 17.7 Å². The Labute approximate surface area is 198 Å². The Bertz CT molecular complexity index is 867. The van der Waals surface area contributed by atoms with Crippen molar-refractivity contribution in [3.63, 3.8) is 0 Å². The smallest absolute Gasteiger partial charge is 0.408 e. The molecule has 7 heteroatoms. The summed E-state index contributed by atoms with van der Waals surface area (Å²) in [6.07, 6.45) is 6.76. The number of alkyl carbamates (subject to hydrolysis) is 1. The van der Waals surface area contributed by atoms with Crippen LogP contribution in [0.15, 0.2) is 24.3 Å². The molecule has 0 bridgehead atoms. The molecule has 0 aromatic heterocycles. The number of carbonyl (C=O) groups is 3. The van der Waals surface area contributed by atoms with E-state index in [1.807, 2.05) is 39.0 Å². The second kappa shape index (κ2) is 12.3. The van der Waals surface area contributed by atoms with Crippen molar-refractivity contribution in [3.8, 4) is 12.5 Å². The van der Waals surface area contributed by atoms with E-state index in [2.05, 4.69) is 16.7 Å². The minimum atomic E-state index is -1.04. The first-order valence-corrected chi connectivity index (χ1v) is 11.5. The number of carbonyl (C=O) groups excluding carboxylic acids is 3. The number of nitrogens with one attached hydrogen (secondary N) is 2. The third-order valence-corrected chi connectivity index (χ3v) is 4.96. The van der Waals surface area contributed by atoms with E-state index in [1.54, 1.807) is 40.7 Å². The number of nitrogens with zero attached hydrogens (tertiary/aromatic N) is 1. The minimum Gasteiger partial charge on any atom is -0.444 e. The van der Waals surface area contributed by atoms with Crippen molar-refractivity contribution in [1.82, 2.24) is 15.5 Å². The van der Waals surface area contributed by atoms with Crippen molar-refractivity contribution in [1.29, 1.82) is 0 Å². The lowest BCUT2D eigenvalue weighted by molar-refractivity contribution is -0.139. The summed E-state index contributed by atoms with van der Waals surface area (Å²) in [7, 11) is 0. The van der Waals surface area contributed by atoms with Crippen molar-refractivity contribution in [2.45, 2.75) is 92.0 Å². The van der Waals surface area contributed by atoms with Crippen LogP contribution >= 0.6 is 0 Å². The predicted molar refractivity (Wildman–Crippen MR) is 130 cm³/mol. The van der Waals surface area contributed by atoms with Crippen molar-refractivity contribution < 1.29 is 19.1 Å². The van der Waals surface area contributed by atoms with Crippen LogP contribution in [-0.4, -0.2) is 40.5 Å². The molecule has 33 heavy (non-hydrogen) atoms. The number of terminal acetylenes is 1. The summed E-state index contributed by atoms with van der Waals surface area (Å²) in [6.45, 7) is 14.7. The van der Waals surface area contributed by atoms with Crippen LogP contribution in [0.1, 0.15) is 78.5 Å². The Morgan fingerprint density at radius 3 is 2.27 bits per heavy atom. The molecule has 0 aliphatic heterocycles. The van der Waals surface area contributed by atoms with Crippen LogP contribution in [0.25, 0.3) is 0 Å². The molecule has 0 saturated heterocycles. The third kappa shape index (κ3) is 8.80. The fourth-order valence-corrected chi connectivity index (χ4v) is 3.45. The fourth-order valence-electron chi connectivity index (χ4n) is 3.45. The SMILES string of the molecule is C#CN(C(=O)C(NC(=O)OC(C)(C)C)C(C)C)C(C(=O)NC(C)CCC)c1cccc(C)c1. The van der Waals surface area contributed by atoms with Crippen LogP contribution in [0.5, 0.6) is 0 Å². The summed E-state index contributed by atoms with van der Waals surface area (Å²) in [6, 6.07) is 7.63. The molecule has 0 aliphatic rings. The van der Waals surface area contributed by atoms with E-state index in [0.29, 0.717) is 5.56 Å². The van der Waals surface area contributed by atoms with Crippen LogP contribution in [0.4, 0.5) is 4.79 Å². The highest BCUT2D eigenvalue weighted by atomic mass is 16.6. The normalized spacial score (nSPS) is 13.9. The van der Waals surface area contributed by atoms with Crippen molar-refractivity contribution in [2.75, 3.05) is 0 Å². The summed E-state index contributed by atoms with van der Waals surface area (Å²) in [5.41, 5.74) is 0.811. The second-order valence-electron chi connectivity index (χ2n) is 9.72. The first kappa shape index (κ1) is 28.0. The highest BCUT2D eigenvalue weighted by Crippen LogP contribution is 2.24. The molecule has 3 amide bonds. The molecule has 1 aromatic carbocycles. The molecule has 182 valence electrons. The summed E-state index contributed by atoms with van der Waals surface area (Å²) in [4.78, 5) is 40.4. The molecular weight excluding hydrogens is 418 g/mol. The first-order chi connectivity index (χ1) is 15.3. The van der Waals surface area contributed by atoms with Gasteiger partial charge in [-0.2, -0.15) is 0 Å². The van der Waals surface area contributed by atoms with E-state index in [4.69, 9.17) is 11.2 Å². The average molecular weight is 458 g/mol. The maximum Gasteiger partial charge on any atom is 0.408 e. The molecule has 7 nitrogen and oxygen atoms in total. The quantitative estimate of drug-likeness (QED) is 0.427. The topological polar surface area (TPSA) is 87.7 Å². The summed E-state index contributed by atoms with van der Waals surface area (Å²) >= 11 is 0. The average Bonchev–Trinajstić information content (AvgIpc) is 2.68. The van der Waals surface area contributed by atoms with Crippen molar-refractivity contribution in [3.05, 3.63) is 35.4 Å². The monoisotopic (exact) mass is 457 g/mol. The van der Waals surface area contributed by atoms with E-state index in [-0.39, 0.29) is 17.9 Å². The molecule has 1 aromatic rings. The fraction of sp³-hybridized carbons (Fsp3) is 0.577. The van der Waals surface area contributed by atoms with Gasteiger partial charge in [-0.3, -0.25) is 14.5 Å². The van der Waals surface area contributed by atoms with Gasteiger partial charge in [0.15, 0.2) is 0 Å². The molecule has 0 radical (unpaired) electrons. The van der Waals surface area contributed by atoms with E-state index in [9.17, 15) is 14.4 Å². The Morgan fingerprint density at radius 1 is 1.15 bits per heavy atom. The molecule has 1 rings (SSSR count). The van der Waals surface area contributed by atoms with Gasteiger partial charge in [0.05, 0.1) is 0 Å². The molecule has 3 atom stereocenters. The summed E-state index contributed by atoms with van der Waals surface area (Å²) in [5.74, 6) is -1.21. The predicted octanol–water partition coefficient (Wildman–Crippen LogP) is 4.31. The molecule has 2 N–H and O–H groups in total. The Morgan fingerprint density at radius 2 is 1.79 bits per heavy atom. The van der Waals surface area contributed by atoms with Crippen molar-refractivity contribution >= 4 is 17.9 Å². The van der Waals surface area contributed by atoms with E-state index in [1.165, 1.54) is 0 Å². The van der Waals surface area contributed by atoms with Gasteiger partial charge in [0, 0.05) is 12.1 Å². The third-order valence-electron chi connectivity index (χ3n) is 4.96. The molecule has 0 fully saturated rings. The van der Waals surface area contributed by atoms with Crippen molar-refractivity contribution in [2.24, 2.45) is 5.92 Å². The Hall–Kier alpha value is -3.01. The van der Waals surface area contributed by atoms with Gasteiger partial charge >= 0.3 is 6.09 Å². The van der Waals surface area contributed by atoms with Gasteiger partial charge in [0.2, 0.25) is 5.91 Å². The lowest BCUT2D eigenvalue weighted by atomic mass is 9.98. The zero-order valence-corrected chi connectivity index (χ0v) is 21.2. The number of rotatable bonds is 9. The number of aryl methyl sites for hydroxylation is 1. The zero-order valence-electron chi connectivity index (χ0n) is 21.2. The van der Waals surface area contributed by atoms with Crippen LogP contribution in [0.3, 0.4) is 0 Å². The maximum atomic E-state index is 13.6. The lowest BCUT2D eigenvalue weighted by Gasteiger charge is -2.32. The highest BCUT2D eigenvalue weighted by Gasteiger charge is 2.37. The number of ether oxygens (including phenoxy) is 1. The lowest BCUT2D eigenvalue weighted by Crippen LogP contribution is -2.54. The van der Waals surface area contributed by atoms with Gasteiger partial charge in [-0.05, 0) is 52.5 Å². The maximum absolute atomic E-state index is 13.6. The van der Waals surface area contributed by atoms with Crippen LogP contribution in [0, 0.1) is 25.3 Å². The molecular formula is C26H39N3O4. The van der Waals surface area contributed by atoms with Gasteiger partial charge in [0.25, 0.3) is 5.91 Å². The van der Waals surface area contributed by atoms with E-state index < -0.39 is 29.7 Å². The largest absolute Gasteiger partial charge is 0.444 e. The first-order valence-electron chi connectivity index (χ1n) is 11.5. The molecule has 3 unspecified atom stereocenters. The molecule has 0 saturated carbocycles. The minimum absolute atomic E-state index is 0.0784. The number of benzene rings is 1. The second-order valence-corrected chi connectivity index (χ2v) is 9.72. The Balaban J connectivity index is 3.34. The number of hydrogen-bond acceptors (Lipinski definition) is 4. The molecule has 0 spiro atoms. The van der Waals surface area contributed by atoms with Crippen LogP contribution < -0.4 is 10.6 Å². The van der Waals surface area contributed by atoms with Crippen LogP contribution in [0.2, 0.25) is 0 Å². The van der Waals surface area contributed by atoms with E-state index >= 15 is 0 Å².